The summed E-state index contributed by atoms with van der Waals surface area (Å²) in [6.07, 6.45) is -5.16. The highest BCUT2D eigenvalue weighted by Crippen LogP contribution is 2.22. The average molecular weight is 327 g/mol. The summed E-state index contributed by atoms with van der Waals surface area (Å²) in [5.41, 5.74) is 0. The van der Waals surface area contributed by atoms with E-state index in [4.69, 9.17) is 5.26 Å². The quantitative estimate of drug-likeness (QED) is 0.743. The van der Waals surface area contributed by atoms with Crippen LogP contribution in [0.1, 0.15) is 26.2 Å². The van der Waals surface area contributed by atoms with E-state index in [0.717, 1.165) is 0 Å². The molecule has 0 aromatic rings. The fourth-order valence-corrected chi connectivity index (χ4v) is 3.80. The van der Waals surface area contributed by atoms with Gasteiger partial charge in [-0.25, -0.2) is 8.42 Å². The van der Waals surface area contributed by atoms with E-state index in [1.807, 2.05) is 11.8 Å². The summed E-state index contributed by atoms with van der Waals surface area (Å²) in [6.45, 7) is 3.21. The molecule has 1 saturated heterocycles. The average Bonchev–Trinajstić information content (AvgIpc) is 2.39. The summed E-state index contributed by atoms with van der Waals surface area (Å²) < 4.78 is 61.3. The molecule has 0 N–H and O–H groups in total. The summed E-state index contributed by atoms with van der Waals surface area (Å²) in [4.78, 5) is 1.90. The fraction of sp³-hybridized carbons (Fsp3) is 0.917. The van der Waals surface area contributed by atoms with E-state index < -0.39 is 34.8 Å². The molecule has 1 atom stereocenters. The number of nitrogens with zero attached hydrogens (tertiary/aromatic N) is 3. The molecule has 0 saturated carbocycles. The van der Waals surface area contributed by atoms with Crippen molar-refractivity contribution in [1.82, 2.24) is 9.21 Å². The van der Waals surface area contributed by atoms with Crippen molar-refractivity contribution in [3.05, 3.63) is 0 Å². The van der Waals surface area contributed by atoms with Crippen molar-refractivity contribution in [2.24, 2.45) is 0 Å². The van der Waals surface area contributed by atoms with Gasteiger partial charge in [0.05, 0.1) is 17.9 Å². The van der Waals surface area contributed by atoms with Gasteiger partial charge in [-0.05, 0) is 12.8 Å². The van der Waals surface area contributed by atoms with Crippen molar-refractivity contribution in [2.75, 3.05) is 31.9 Å². The Morgan fingerprint density at radius 1 is 1.24 bits per heavy atom. The molecule has 0 spiro atoms. The monoisotopic (exact) mass is 327 g/mol. The zero-order chi connectivity index (χ0) is 16.1. The molecule has 0 aromatic carbocycles. The third-order valence-electron chi connectivity index (χ3n) is 3.51. The lowest BCUT2D eigenvalue weighted by atomic mass is 10.2. The molecule has 0 aliphatic carbocycles. The number of nitriles is 1. The molecule has 1 heterocycles. The third-order valence-corrected chi connectivity index (χ3v) is 5.46. The number of piperazine rings is 1. The van der Waals surface area contributed by atoms with Crippen LogP contribution in [-0.2, 0) is 10.0 Å². The highest BCUT2D eigenvalue weighted by molar-refractivity contribution is 7.89. The SMILES string of the molecule is CCC(C#N)N1CCN(S(=O)(=O)CCCC(F)(F)F)CC1. The Morgan fingerprint density at radius 3 is 2.24 bits per heavy atom. The number of sulfonamides is 1. The van der Waals surface area contributed by atoms with Crippen LogP contribution in [0.25, 0.3) is 0 Å². The molecule has 0 bridgehead atoms. The molecule has 1 aliphatic heterocycles. The maximum Gasteiger partial charge on any atom is 0.389 e. The largest absolute Gasteiger partial charge is 0.389 e. The Bertz CT molecular complexity index is 465. The van der Waals surface area contributed by atoms with E-state index in [0.29, 0.717) is 19.5 Å². The lowest BCUT2D eigenvalue weighted by Gasteiger charge is -2.36. The number of halogens is 3. The van der Waals surface area contributed by atoms with Gasteiger partial charge in [0.2, 0.25) is 10.0 Å². The van der Waals surface area contributed by atoms with Gasteiger partial charge in [0, 0.05) is 32.6 Å². The van der Waals surface area contributed by atoms with Crippen LogP contribution in [0.5, 0.6) is 0 Å². The van der Waals surface area contributed by atoms with Gasteiger partial charge in [-0.1, -0.05) is 6.92 Å². The lowest BCUT2D eigenvalue weighted by Crippen LogP contribution is -2.52. The van der Waals surface area contributed by atoms with E-state index >= 15 is 0 Å². The molecule has 1 fully saturated rings. The molecule has 5 nitrogen and oxygen atoms in total. The van der Waals surface area contributed by atoms with Crippen molar-refractivity contribution in [2.45, 2.75) is 38.4 Å². The molecule has 122 valence electrons. The van der Waals surface area contributed by atoms with E-state index in [1.165, 1.54) is 4.31 Å². The van der Waals surface area contributed by atoms with Gasteiger partial charge in [-0.2, -0.15) is 22.7 Å². The molecule has 0 aromatic heterocycles. The van der Waals surface area contributed by atoms with Gasteiger partial charge in [0.1, 0.15) is 0 Å². The van der Waals surface area contributed by atoms with Crippen LogP contribution in [0.15, 0.2) is 0 Å². The first-order valence-corrected chi connectivity index (χ1v) is 8.48. The van der Waals surface area contributed by atoms with Crippen molar-refractivity contribution in [3.8, 4) is 6.07 Å². The normalized spacial score (nSPS) is 20.1. The van der Waals surface area contributed by atoms with Gasteiger partial charge in [-0.3, -0.25) is 4.90 Å². The van der Waals surface area contributed by atoms with E-state index in [-0.39, 0.29) is 19.1 Å². The van der Waals surface area contributed by atoms with E-state index in [2.05, 4.69) is 6.07 Å². The Morgan fingerprint density at radius 2 is 1.81 bits per heavy atom. The standard InChI is InChI=1S/C12H20F3N3O2S/c1-2-11(10-16)17-5-7-18(8-6-17)21(19,20)9-3-4-12(13,14)15/h11H,2-9H2,1H3. The van der Waals surface area contributed by atoms with Crippen LogP contribution in [0.3, 0.4) is 0 Å². The second-order valence-corrected chi connectivity index (χ2v) is 7.11. The minimum atomic E-state index is -4.32. The van der Waals surface area contributed by atoms with Crippen LogP contribution >= 0.6 is 0 Å². The van der Waals surface area contributed by atoms with Gasteiger partial charge >= 0.3 is 6.18 Å². The first-order valence-electron chi connectivity index (χ1n) is 6.88. The summed E-state index contributed by atoms with van der Waals surface area (Å²) in [6, 6.07) is 1.92. The number of hydrogen-bond acceptors (Lipinski definition) is 4. The van der Waals surface area contributed by atoms with Crippen molar-refractivity contribution in [1.29, 1.82) is 5.26 Å². The maximum absolute atomic E-state index is 12.0. The predicted octanol–water partition coefficient (Wildman–Crippen LogP) is 1.58. The van der Waals surface area contributed by atoms with Gasteiger partial charge in [0.15, 0.2) is 0 Å². The Kier molecular flexibility index (Phi) is 6.43. The highest BCUT2D eigenvalue weighted by Gasteiger charge is 2.31. The van der Waals surface area contributed by atoms with E-state index in [9.17, 15) is 21.6 Å². The molecule has 0 amide bonds. The number of rotatable bonds is 6. The molecule has 0 radical (unpaired) electrons. The molecule has 1 aliphatic rings. The molecule has 9 heteroatoms. The van der Waals surface area contributed by atoms with Crippen LogP contribution in [0.4, 0.5) is 13.2 Å². The Hall–Kier alpha value is -0.850. The van der Waals surface area contributed by atoms with Gasteiger partial charge in [0.25, 0.3) is 0 Å². The molecular formula is C12H20F3N3O2S. The second-order valence-electron chi connectivity index (χ2n) is 5.02. The van der Waals surface area contributed by atoms with Gasteiger partial charge < -0.3 is 0 Å². The minimum absolute atomic E-state index is 0.229. The smallest absolute Gasteiger partial charge is 0.285 e. The zero-order valence-corrected chi connectivity index (χ0v) is 12.8. The topological polar surface area (TPSA) is 64.4 Å². The first-order chi connectivity index (χ1) is 9.69. The highest BCUT2D eigenvalue weighted by atomic mass is 32.2. The zero-order valence-electron chi connectivity index (χ0n) is 11.9. The van der Waals surface area contributed by atoms with Crippen LogP contribution in [0, 0.1) is 11.3 Å². The third kappa shape index (κ3) is 5.80. The minimum Gasteiger partial charge on any atom is -0.285 e. The fourth-order valence-electron chi connectivity index (χ4n) is 2.31. The van der Waals surface area contributed by atoms with Crippen LogP contribution in [-0.4, -0.2) is 61.8 Å². The van der Waals surface area contributed by atoms with Crippen molar-refractivity contribution < 1.29 is 21.6 Å². The van der Waals surface area contributed by atoms with Crippen LogP contribution in [0.2, 0.25) is 0 Å². The van der Waals surface area contributed by atoms with Gasteiger partial charge in [-0.15, -0.1) is 0 Å². The maximum atomic E-state index is 12.0. The molecule has 21 heavy (non-hydrogen) atoms. The molecule has 1 rings (SSSR count). The Balaban J connectivity index is 2.47. The molecular weight excluding hydrogens is 307 g/mol. The second kappa shape index (κ2) is 7.42. The summed E-state index contributed by atoms with van der Waals surface area (Å²) >= 11 is 0. The van der Waals surface area contributed by atoms with Crippen LogP contribution < -0.4 is 0 Å². The van der Waals surface area contributed by atoms with Crippen molar-refractivity contribution in [3.63, 3.8) is 0 Å². The summed E-state index contributed by atoms with van der Waals surface area (Å²) in [7, 11) is -3.64. The Labute approximate surface area is 123 Å². The predicted molar refractivity (Wildman–Crippen MR) is 71.9 cm³/mol. The van der Waals surface area contributed by atoms with Crippen molar-refractivity contribution >= 4 is 10.0 Å². The lowest BCUT2D eigenvalue weighted by molar-refractivity contribution is -0.134. The first kappa shape index (κ1) is 18.2. The van der Waals surface area contributed by atoms with E-state index in [1.54, 1.807) is 0 Å². The summed E-state index contributed by atoms with van der Waals surface area (Å²) in [5, 5.41) is 8.97. The number of hydrogen-bond donors (Lipinski definition) is 0. The number of alkyl halides is 3. The molecule has 1 unspecified atom stereocenters. The summed E-state index contributed by atoms with van der Waals surface area (Å²) in [5.74, 6) is -0.484.